The van der Waals surface area contributed by atoms with E-state index in [1.807, 2.05) is 19.1 Å². The first-order valence-electron chi connectivity index (χ1n) is 6.40. The van der Waals surface area contributed by atoms with Gasteiger partial charge in [-0.2, -0.15) is 0 Å². The molecule has 2 rings (SSSR count). The van der Waals surface area contributed by atoms with Crippen LogP contribution >= 0.6 is 0 Å². The summed E-state index contributed by atoms with van der Waals surface area (Å²) in [6.07, 6.45) is 0.599. The van der Waals surface area contributed by atoms with Crippen molar-refractivity contribution in [2.24, 2.45) is 5.73 Å². The Morgan fingerprint density at radius 3 is 2.95 bits per heavy atom. The van der Waals surface area contributed by atoms with Gasteiger partial charge >= 0.3 is 0 Å². The summed E-state index contributed by atoms with van der Waals surface area (Å²) in [7, 11) is 0. The molecule has 1 heterocycles. The quantitative estimate of drug-likeness (QED) is 0.821. The van der Waals surface area contributed by atoms with Crippen LogP contribution in [-0.4, -0.2) is 34.2 Å². The van der Waals surface area contributed by atoms with Gasteiger partial charge in [-0.3, -0.25) is 4.79 Å². The van der Waals surface area contributed by atoms with Gasteiger partial charge < -0.3 is 10.5 Å². The lowest BCUT2D eigenvalue weighted by molar-refractivity contribution is 0.0587. The summed E-state index contributed by atoms with van der Waals surface area (Å²) in [6, 6.07) is 7.18. The maximum Gasteiger partial charge on any atom is 0.277 e. The molecule has 1 aromatic heterocycles. The molecular weight excluding hydrogens is 244 g/mol. The van der Waals surface area contributed by atoms with E-state index in [1.54, 1.807) is 12.1 Å². The summed E-state index contributed by atoms with van der Waals surface area (Å²) in [5.74, 6) is 0. The monoisotopic (exact) mass is 262 g/mol. The van der Waals surface area contributed by atoms with Crippen molar-refractivity contribution in [3.05, 3.63) is 34.6 Å². The van der Waals surface area contributed by atoms with Gasteiger partial charge in [0.25, 0.3) is 5.56 Å². The molecule has 0 fully saturated rings. The third-order valence-corrected chi connectivity index (χ3v) is 2.96. The molecule has 6 nitrogen and oxygen atoms in total. The van der Waals surface area contributed by atoms with Gasteiger partial charge in [-0.15, -0.1) is 5.10 Å². The summed E-state index contributed by atoms with van der Waals surface area (Å²) in [5.41, 5.74) is 6.09. The molecule has 1 atom stereocenters. The van der Waals surface area contributed by atoms with E-state index < -0.39 is 0 Å². The van der Waals surface area contributed by atoms with Crippen molar-refractivity contribution in [2.75, 3.05) is 13.2 Å². The molecule has 0 spiro atoms. The summed E-state index contributed by atoms with van der Waals surface area (Å²) in [5, 5.41) is 8.54. The second-order valence-corrected chi connectivity index (χ2v) is 4.24. The van der Waals surface area contributed by atoms with Crippen molar-refractivity contribution in [3.63, 3.8) is 0 Å². The lowest BCUT2D eigenvalue weighted by Gasteiger charge is -2.14. The molecule has 0 aliphatic rings. The highest BCUT2D eigenvalue weighted by Gasteiger charge is 2.09. The van der Waals surface area contributed by atoms with E-state index in [9.17, 15) is 4.79 Å². The van der Waals surface area contributed by atoms with Gasteiger partial charge in [0.05, 0.1) is 11.5 Å². The Bertz CT molecular complexity index is 596. The average Bonchev–Trinajstić information content (AvgIpc) is 2.45. The van der Waals surface area contributed by atoms with Crippen LogP contribution in [0, 0.1) is 0 Å². The molecule has 0 aliphatic heterocycles. The number of benzene rings is 1. The largest absolute Gasteiger partial charge is 0.377 e. The number of fused-ring (bicyclic) bond motifs is 1. The zero-order valence-electron chi connectivity index (χ0n) is 11.0. The second kappa shape index (κ2) is 6.40. The Morgan fingerprint density at radius 1 is 1.42 bits per heavy atom. The Morgan fingerprint density at radius 2 is 2.21 bits per heavy atom. The molecule has 0 saturated heterocycles. The van der Waals surface area contributed by atoms with E-state index in [-0.39, 0.29) is 11.7 Å². The predicted octanol–water partition coefficient (Wildman–Crippen LogP) is 0.545. The molecule has 0 amide bonds. The zero-order chi connectivity index (χ0) is 13.7. The van der Waals surface area contributed by atoms with Gasteiger partial charge in [0, 0.05) is 19.7 Å². The molecule has 0 bridgehead atoms. The van der Waals surface area contributed by atoms with Crippen LogP contribution in [0.1, 0.15) is 13.3 Å². The zero-order valence-corrected chi connectivity index (χ0v) is 11.0. The highest BCUT2D eigenvalue weighted by molar-refractivity contribution is 5.76. The molecule has 2 N–H and O–H groups in total. The Kier molecular flexibility index (Phi) is 4.59. The van der Waals surface area contributed by atoms with Crippen LogP contribution in [-0.2, 0) is 11.3 Å². The number of aryl methyl sites for hydroxylation is 1. The van der Waals surface area contributed by atoms with Gasteiger partial charge in [-0.25, -0.2) is 4.68 Å². The van der Waals surface area contributed by atoms with Crippen LogP contribution < -0.4 is 11.3 Å². The molecule has 102 valence electrons. The maximum atomic E-state index is 12.2. The van der Waals surface area contributed by atoms with E-state index in [0.717, 1.165) is 0 Å². The van der Waals surface area contributed by atoms with Gasteiger partial charge in [0.2, 0.25) is 0 Å². The van der Waals surface area contributed by atoms with Crippen LogP contribution in [0.15, 0.2) is 29.1 Å². The fraction of sp³-hybridized carbons (Fsp3) is 0.462. The molecule has 6 heteroatoms. The molecule has 19 heavy (non-hydrogen) atoms. The number of aromatic nitrogens is 3. The Hall–Kier alpha value is -1.79. The first-order valence-corrected chi connectivity index (χ1v) is 6.40. The number of nitrogens with two attached hydrogens (primary N) is 1. The van der Waals surface area contributed by atoms with Crippen molar-refractivity contribution in [1.82, 2.24) is 15.0 Å². The summed E-state index contributed by atoms with van der Waals surface area (Å²) < 4.78 is 6.82. The smallest absolute Gasteiger partial charge is 0.277 e. The van der Waals surface area contributed by atoms with Crippen molar-refractivity contribution in [2.45, 2.75) is 26.0 Å². The Labute approximate surface area is 111 Å². The van der Waals surface area contributed by atoms with Crippen LogP contribution in [0.5, 0.6) is 0 Å². The fourth-order valence-electron chi connectivity index (χ4n) is 1.94. The standard InChI is InChI=1S/C13H18N4O2/c1-2-19-10(9-14)7-8-17-13(18)11-5-3-4-6-12(11)15-16-17/h3-6,10H,2,7-9,14H2,1H3. The Balaban J connectivity index is 2.17. The minimum atomic E-state index is -0.127. The van der Waals surface area contributed by atoms with Crippen LogP contribution in [0.4, 0.5) is 0 Å². The first-order chi connectivity index (χ1) is 9.26. The highest BCUT2D eigenvalue weighted by atomic mass is 16.5. The third-order valence-electron chi connectivity index (χ3n) is 2.96. The molecule has 1 unspecified atom stereocenters. The molecule has 2 aromatic rings. The number of nitrogens with zero attached hydrogens (tertiary/aromatic N) is 3. The molecular formula is C13H18N4O2. The number of hydrogen-bond donors (Lipinski definition) is 1. The molecule has 0 saturated carbocycles. The lowest BCUT2D eigenvalue weighted by Crippen LogP contribution is -2.30. The average molecular weight is 262 g/mol. The van der Waals surface area contributed by atoms with Crippen LogP contribution in [0.25, 0.3) is 10.9 Å². The normalized spacial score (nSPS) is 12.7. The third kappa shape index (κ3) is 3.15. The van der Waals surface area contributed by atoms with Gasteiger partial charge in [0.15, 0.2) is 0 Å². The minimum absolute atomic E-state index is 0.0508. The maximum absolute atomic E-state index is 12.2. The van der Waals surface area contributed by atoms with Crippen molar-refractivity contribution in [1.29, 1.82) is 0 Å². The molecule has 0 aliphatic carbocycles. The molecule has 0 radical (unpaired) electrons. The summed E-state index contributed by atoms with van der Waals surface area (Å²) in [4.78, 5) is 12.2. The summed E-state index contributed by atoms with van der Waals surface area (Å²) >= 11 is 0. The van der Waals surface area contributed by atoms with Gasteiger partial charge in [-0.05, 0) is 25.5 Å². The van der Waals surface area contributed by atoms with E-state index in [2.05, 4.69) is 10.3 Å². The predicted molar refractivity (Wildman–Crippen MR) is 72.9 cm³/mol. The van der Waals surface area contributed by atoms with Crippen LogP contribution in [0.3, 0.4) is 0 Å². The van der Waals surface area contributed by atoms with E-state index in [4.69, 9.17) is 10.5 Å². The van der Waals surface area contributed by atoms with E-state index in [1.165, 1.54) is 4.68 Å². The lowest BCUT2D eigenvalue weighted by atomic mass is 10.2. The van der Waals surface area contributed by atoms with Crippen molar-refractivity contribution < 1.29 is 4.74 Å². The number of hydrogen-bond acceptors (Lipinski definition) is 5. The highest BCUT2D eigenvalue weighted by Crippen LogP contribution is 2.04. The van der Waals surface area contributed by atoms with Crippen LogP contribution in [0.2, 0.25) is 0 Å². The summed E-state index contributed by atoms with van der Waals surface area (Å²) in [6.45, 7) is 3.42. The van der Waals surface area contributed by atoms with Gasteiger partial charge in [-0.1, -0.05) is 17.3 Å². The number of ether oxygens (including phenoxy) is 1. The SMILES string of the molecule is CCOC(CN)CCn1nnc2ccccc2c1=O. The fourth-order valence-corrected chi connectivity index (χ4v) is 1.94. The second-order valence-electron chi connectivity index (χ2n) is 4.24. The first kappa shape index (κ1) is 13.6. The van der Waals surface area contributed by atoms with Gasteiger partial charge in [0.1, 0.15) is 5.52 Å². The minimum Gasteiger partial charge on any atom is -0.377 e. The van der Waals surface area contributed by atoms with E-state index >= 15 is 0 Å². The topological polar surface area (TPSA) is 83.0 Å². The number of rotatable bonds is 6. The van der Waals surface area contributed by atoms with Crippen molar-refractivity contribution >= 4 is 10.9 Å². The molecule has 1 aromatic carbocycles. The van der Waals surface area contributed by atoms with E-state index in [0.29, 0.717) is 37.0 Å². The van der Waals surface area contributed by atoms with Crippen molar-refractivity contribution in [3.8, 4) is 0 Å².